The lowest BCUT2D eigenvalue weighted by molar-refractivity contribution is -0.141. The summed E-state index contributed by atoms with van der Waals surface area (Å²) in [6.07, 6.45) is 5.37. The van der Waals surface area contributed by atoms with Crippen molar-refractivity contribution >= 4 is 62.0 Å². The first-order valence-electron chi connectivity index (χ1n) is 21.1. The van der Waals surface area contributed by atoms with E-state index in [1.54, 1.807) is 0 Å². The first-order chi connectivity index (χ1) is 31.2. The highest BCUT2D eigenvalue weighted by atomic mass is 28.3. The van der Waals surface area contributed by atoms with Crippen molar-refractivity contribution in [1.29, 1.82) is 0 Å². The Morgan fingerprint density at radius 1 is 0.672 bits per heavy atom. The predicted molar refractivity (Wildman–Crippen MR) is 254 cm³/mol. The zero-order chi connectivity index (χ0) is 50.0. The molecule has 0 aliphatic carbocycles. The minimum absolute atomic E-state index is 0.0115. The Bertz CT molecular complexity index is 3070. The van der Waals surface area contributed by atoms with E-state index in [2.05, 4.69) is 49.3 Å². The Morgan fingerprint density at radius 3 is 1.37 bits per heavy atom. The molecule has 6 aromatic rings. The summed E-state index contributed by atoms with van der Waals surface area (Å²) in [5.41, 5.74) is 11.0. The highest BCUT2D eigenvalue weighted by Crippen LogP contribution is 2.39. The fourth-order valence-corrected chi connectivity index (χ4v) is 8.56. The van der Waals surface area contributed by atoms with Crippen molar-refractivity contribution in [3.8, 4) is 33.8 Å². The van der Waals surface area contributed by atoms with E-state index < -0.39 is 69.2 Å². The molecule has 67 heavy (non-hydrogen) atoms. The topological polar surface area (TPSA) is 248 Å². The molecule has 0 saturated carbocycles. The van der Waals surface area contributed by atoms with Crippen LogP contribution >= 0.6 is 0 Å². The highest BCUT2D eigenvalue weighted by molar-refractivity contribution is 6.76. The number of carbonyl (C=O) groups is 4. The summed E-state index contributed by atoms with van der Waals surface area (Å²) in [6, 6.07) is 4.16. The third-order valence-corrected chi connectivity index (χ3v) is 14.3. The van der Waals surface area contributed by atoms with Crippen LogP contribution in [-0.2, 0) is 41.5 Å². The van der Waals surface area contributed by atoms with Gasteiger partial charge in [-0.15, -0.1) is 0 Å². The molecule has 2 aromatic carbocycles. The summed E-state index contributed by atoms with van der Waals surface area (Å²) < 4.78 is 52.8. The molecular weight excluding hydrogens is 907 g/mol. The number of amides is 2. The molecule has 358 valence electrons. The number of benzene rings is 2. The highest BCUT2D eigenvalue weighted by Gasteiger charge is 2.28. The van der Waals surface area contributed by atoms with Gasteiger partial charge in [-0.1, -0.05) is 39.3 Å². The van der Waals surface area contributed by atoms with E-state index in [1.807, 2.05) is 0 Å². The lowest BCUT2D eigenvalue weighted by atomic mass is 9.98. The van der Waals surface area contributed by atoms with Gasteiger partial charge in [-0.2, -0.15) is 0 Å². The third kappa shape index (κ3) is 11.2. The number of aromatic nitrogens is 6. The Morgan fingerprint density at radius 2 is 1.04 bits per heavy atom. The lowest BCUT2D eigenvalue weighted by Gasteiger charge is -2.19. The van der Waals surface area contributed by atoms with Gasteiger partial charge in [-0.05, 0) is 38.1 Å². The van der Waals surface area contributed by atoms with Crippen molar-refractivity contribution in [1.82, 2.24) is 28.2 Å². The third-order valence-electron chi connectivity index (χ3n) is 10.9. The molecule has 0 saturated heterocycles. The van der Waals surface area contributed by atoms with E-state index in [0.29, 0.717) is 13.2 Å². The number of fused-ring (bicyclic) bond motifs is 2. The number of esters is 1. The molecule has 0 atom stereocenters. The first-order valence-corrected chi connectivity index (χ1v) is 28.5. The summed E-state index contributed by atoms with van der Waals surface area (Å²) in [6.45, 7) is 16.0. The fraction of sp³-hybridized carbons (Fsp3) is 0.378. The van der Waals surface area contributed by atoms with Crippen LogP contribution in [0, 0.1) is 25.5 Å². The number of carbonyl (C=O) groups excluding carboxylic acids is 3. The van der Waals surface area contributed by atoms with E-state index in [9.17, 15) is 33.9 Å². The van der Waals surface area contributed by atoms with Crippen molar-refractivity contribution in [3.05, 3.63) is 91.8 Å². The molecule has 2 amide bonds. The molecule has 4 heterocycles. The predicted octanol–water partition coefficient (Wildman–Crippen LogP) is 5.59. The van der Waals surface area contributed by atoms with Crippen LogP contribution in [0.1, 0.15) is 31.8 Å². The second kappa shape index (κ2) is 19.9. The van der Waals surface area contributed by atoms with Gasteiger partial charge >= 0.3 is 11.9 Å². The van der Waals surface area contributed by atoms with Crippen molar-refractivity contribution < 1.29 is 47.3 Å². The zero-order valence-corrected chi connectivity index (χ0v) is 41.4. The van der Waals surface area contributed by atoms with Crippen molar-refractivity contribution in [2.45, 2.75) is 78.3 Å². The monoisotopic (exact) mass is 962 g/mol. The average Bonchev–Trinajstić information content (AvgIpc) is 3.77. The second-order valence-corrected chi connectivity index (χ2v) is 29.8. The van der Waals surface area contributed by atoms with Crippen LogP contribution in [0.25, 0.3) is 44.3 Å². The minimum atomic E-state index is -1.43. The van der Waals surface area contributed by atoms with E-state index in [-0.39, 0.29) is 84.6 Å². The van der Waals surface area contributed by atoms with Crippen LogP contribution in [-0.4, -0.2) is 93.6 Å². The van der Waals surface area contributed by atoms with Crippen molar-refractivity contribution in [3.63, 3.8) is 0 Å². The Labute approximate surface area is 386 Å². The van der Waals surface area contributed by atoms with Gasteiger partial charge < -0.3 is 49.1 Å². The van der Waals surface area contributed by atoms with Gasteiger partial charge in [0, 0.05) is 76.0 Å². The van der Waals surface area contributed by atoms with Crippen molar-refractivity contribution in [2.75, 3.05) is 20.3 Å². The number of primary amides is 2. The number of hydrogen-bond acceptors (Lipinski definition) is 11. The number of nitrogens with two attached hydrogens (primary N) is 2. The number of halogens is 2. The number of ether oxygens (including phenoxy) is 3. The molecular formula is C45H56F2N8O10Si2. The molecule has 18 nitrogen and oxygen atoms in total. The molecule has 0 aliphatic heterocycles. The fourth-order valence-electron chi connectivity index (χ4n) is 7.13. The van der Waals surface area contributed by atoms with Gasteiger partial charge in [-0.3, -0.25) is 28.8 Å². The van der Waals surface area contributed by atoms with Gasteiger partial charge in [0.05, 0.1) is 54.9 Å². The number of carboxylic acids is 1. The number of carboxylic acid groups (broad SMARTS) is 1. The summed E-state index contributed by atoms with van der Waals surface area (Å²) >= 11 is 0. The SMILES string of the molecule is COC(=O)Cn1cc(-c2cc(C(N)=O)c(OCC[Si](C)(C)C)c(C)c2F)c2c(=O)n(C)cnc21.Cc1c(F)c(-c2cn(CC(=O)O)c3ncn(C)c(=O)c23)cc(C(N)=O)c1OCC[Si](C)(C)C. The summed E-state index contributed by atoms with van der Waals surface area (Å²) in [4.78, 5) is 82.0. The number of aryl methyl sites for hydroxylation is 2. The molecule has 6 rings (SSSR count). The quantitative estimate of drug-likeness (QED) is 0.0794. The zero-order valence-electron chi connectivity index (χ0n) is 39.4. The summed E-state index contributed by atoms with van der Waals surface area (Å²) in [5.74, 6) is -4.48. The van der Waals surface area contributed by atoms with Crippen LogP contribution in [0.5, 0.6) is 11.5 Å². The lowest BCUT2D eigenvalue weighted by Crippen LogP contribution is -2.23. The maximum Gasteiger partial charge on any atom is 0.325 e. The van der Waals surface area contributed by atoms with Gasteiger partial charge in [0.2, 0.25) is 0 Å². The summed E-state index contributed by atoms with van der Waals surface area (Å²) in [7, 11) is 1.38. The Hall–Kier alpha value is -6.95. The van der Waals surface area contributed by atoms with E-state index in [0.717, 1.165) is 12.1 Å². The number of nitrogens with zero attached hydrogens (tertiary/aromatic N) is 6. The number of hydrogen-bond donors (Lipinski definition) is 3. The number of methoxy groups -OCH3 is 1. The van der Waals surface area contributed by atoms with E-state index >= 15 is 8.78 Å². The van der Waals surface area contributed by atoms with Crippen LogP contribution in [0.2, 0.25) is 51.4 Å². The van der Waals surface area contributed by atoms with Crippen LogP contribution < -0.4 is 32.1 Å². The molecule has 22 heteroatoms. The number of rotatable bonds is 16. The molecule has 0 unspecified atom stereocenters. The maximum atomic E-state index is 15.7. The normalized spacial score (nSPS) is 11.7. The standard InChI is InChI=1S/C23H29FN4O5Si.C22H27FN4O5Si/c1-13-19(24)14(9-15(21(25)30)20(13)33-7-8-34(4,5)6)16-10-28(11-17(29)32-3)22-18(16)23(31)27(2)12-26-22;1-12-18(23)13(8-14(20(24)30)19(12)32-6-7-33(3,4)5)15-9-27(10-16(28)29)21-17(15)22(31)26(2)11-25-21/h9-10,12H,7-8,11H2,1-6H3,(H2,25,30);8-9,11H,6-7,10H2,1-5H3,(H2,24,30)(H,28,29). The van der Waals surface area contributed by atoms with Gasteiger partial charge in [-0.25, -0.2) is 18.7 Å². The molecule has 0 radical (unpaired) electrons. The summed E-state index contributed by atoms with van der Waals surface area (Å²) in [5, 5.41) is 9.39. The molecule has 0 aliphatic rings. The average molecular weight is 963 g/mol. The van der Waals surface area contributed by atoms with Crippen molar-refractivity contribution in [2.24, 2.45) is 25.6 Å². The van der Waals surface area contributed by atoms with E-state index in [4.69, 9.17) is 25.7 Å². The van der Waals surface area contributed by atoms with E-state index in [1.165, 1.54) is 90.5 Å². The minimum Gasteiger partial charge on any atom is -0.493 e. The van der Waals surface area contributed by atoms with Gasteiger partial charge in [0.1, 0.15) is 47.5 Å². The molecule has 5 N–H and O–H groups in total. The molecule has 0 fully saturated rings. The number of aliphatic carboxylic acids is 1. The Kier molecular flexibility index (Phi) is 15.1. The largest absolute Gasteiger partial charge is 0.493 e. The van der Waals surface area contributed by atoms with Crippen LogP contribution in [0.15, 0.2) is 46.8 Å². The molecule has 0 spiro atoms. The van der Waals surface area contributed by atoms with Gasteiger partial charge in [0.25, 0.3) is 22.9 Å². The van der Waals surface area contributed by atoms with Crippen LogP contribution in [0.4, 0.5) is 8.78 Å². The molecule has 0 bridgehead atoms. The maximum absolute atomic E-state index is 15.7. The van der Waals surface area contributed by atoms with Gasteiger partial charge in [0.15, 0.2) is 0 Å². The van der Waals surface area contributed by atoms with Crippen LogP contribution in [0.3, 0.4) is 0 Å². The first kappa shape index (κ1) is 51.0. The second-order valence-electron chi connectivity index (χ2n) is 18.6. The Balaban J connectivity index is 0.000000251. The molecule has 4 aromatic heterocycles. The smallest absolute Gasteiger partial charge is 0.325 e.